The molecular formula is C25H31NO2S2. The lowest BCUT2D eigenvalue weighted by Crippen LogP contribution is -2.22. The van der Waals surface area contributed by atoms with Crippen LogP contribution in [0, 0.1) is 11.8 Å². The Labute approximate surface area is 189 Å². The maximum Gasteiger partial charge on any atom is 0.160 e. The zero-order chi connectivity index (χ0) is 21.1. The average Bonchev–Trinajstić information content (AvgIpc) is 2.81. The Balaban J connectivity index is 1.42. The van der Waals surface area contributed by atoms with E-state index in [1.807, 2.05) is 6.07 Å². The number of benzene rings is 2. The molecule has 0 aliphatic carbocycles. The van der Waals surface area contributed by atoms with Gasteiger partial charge in [0.2, 0.25) is 0 Å². The first kappa shape index (κ1) is 22.9. The molecule has 5 heteroatoms. The number of nitrogens with one attached hydrogen (secondary N) is 1. The number of hydrogen-bond acceptors (Lipinski definition) is 5. The number of ether oxygens (including phenoxy) is 2. The largest absolute Gasteiger partial charge is 0.493 e. The molecule has 3 nitrogen and oxygen atoms in total. The van der Waals surface area contributed by atoms with E-state index in [0.29, 0.717) is 0 Å². The molecule has 160 valence electrons. The Kier molecular flexibility index (Phi) is 9.32. The normalized spacial score (nSPS) is 15.1. The van der Waals surface area contributed by atoms with Crippen molar-refractivity contribution in [3.63, 3.8) is 0 Å². The van der Waals surface area contributed by atoms with Crippen molar-refractivity contribution in [2.45, 2.75) is 29.8 Å². The molecule has 3 rings (SSSR count). The molecule has 0 amide bonds. The molecule has 1 N–H and O–H groups in total. The molecule has 1 fully saturated rings. The Morgan fingerprint density at radius 3 is 2.47 bits per heavy atom. The van der Waals surface area contributed by atoms with Crippen molar-refractivity contribution in [1.82, 2.24) is 5.32 Å². The standard InChI is InChI=1S/C25H31NO2S2/c1-27-23-14-13-21(20-24(23)28-2)10-8-17-26-16-7-6-15-25(29-18-9-19-30-25)22-11-4-3-5-12-22/h3-5,11-14,20,26H,8-10,15-19H2,1-2H3. The molecule has 30 heavy (non-hydrogen) atoms. The van der Waals surface area contributed by atoms with E-state index in [1.54, 1.807) is 14.2 Å². The Morgan fingerprint density at radius 1 is 0.967 bits per heavy atom. The van der Waals surface area contributed by atoms with Crippen LogP contribution in [0.1, 0.15) is 30.4 Å². The second kappa shape index (κ2) is 12.2. The smallest absolute Gasteiger partial charge is 0.160 e. The minimum Gasteiger partial charge on any atom is -0.493 e. The minimum absolute atomic E-state index is 0.0972. The molecule has 1 saturated heterocycles. The highest BCUT2D eigenvalue weighted by Crippen LogP contribution is 2.52. The summed E-state index contributed by atoms with van der Waals surface area (Å²) in [6.45, 7) is 1.70. The van der Waals surface area contributed by atoms with Crippen molar-refractivity contribution in [3.05, 3.63) is 59.7 Å². The van der Waals surface area contributed by atoms with Crippen LogP contribution in [0.15, 0.2) is 48.5 Å². The van der Waals surface area contributed by atoms with Gasteiger partial charge in [0.1, 0.15) is 0 Å². The Bertz CT molecular complexity index is 839. The van der Waals surface area contributed by atoms with Crippen molar-refractivity contribution in [2.24, 2.45) is 0 Å². The fraction of sp³-hybridized carbons (Fsp3) is 0.440. The van der Waals surface area contributed by atoms with Gasteiger partial charge in [0.05, 0.1) is 24.8 Å². The summed E-state index contributed by atoms with van der Waals surface area (Å²) in [5.74, 6) is 10.8. The van der Waals surface area contributed by atoms with Gasteiger partial charge in [-0.1, -0.05) is 48.2 Å². The molecular weight excluding hydrogens is 410 g/mol. The summed E-state index contributed by atoms with van der Waals surface area (Å²) >= 11 is 4.12. The third kappa shape index (κ3) is 6.38. The first-order chi connectivity index (χ1) is 14.8. The fourth-order valence-corrected chi connectivity index (χ4v) is 6.69. The van der Waals surface area contributed by atoms with E-state index < -0.39 is 0 Å². The summed E-state index contributed by atoms with van der Waals surface area (Å²) < 4.78 is 10.8. The molecule has 0 bridgehead atoms. The van der Waals surface area contributed by atoms with Gasteiger partial charge in [-0.15, -0.1) is 23.5 Å². The Morgan fingerprint density at radius 2 is 1.73 bits per heavy atom. The third-order valence-corrected chi connectivity index (χ3v) is 8.48. The molecule has 1 aliphatic rings. The van der Waals surface area contributed by atoms with Crippen LogP contribution in [0.2, 0.25) is 0 Å². The predicted molar refractivity (Wildman–Crippen MR) is 131 cm³/mol. The van der Waals surface area contributed by atoms with Crippen LogP contribution in [0.5, 0.6) is 11.5 Å². The van der Waals surface area contributed by atoms with Gasteiger partial charge in [0, 0.05) is 6.42 Å². The molecule has 0 spiro atoms. The fourth-order valence-electron chi connectivity index (χ4n) is 3.48. The van der Waals surface area contributed by atoms with Gasteiger partial charge in [0.15, 0.2) is 11.5 Å². The van der Waals surface area contributed by atoms with Crippen LogP contribution in [-0.2, 0) is 10.5 Å². The van der Waals surface area contributed by atoms with E-state index in [4.69, 9.17) is 9.47 Å². The van der Waals surface area contributed by atoms with Crippen molar-refractivity contribution < 1.29 is 9.47 Å². The zero-order valence-corrected chi connectivity index (χ0v) is 19.5. The van der Waals surface area contributed by atoms with Gasteiger partial charge in [-0.25, -0.2) is 0 Å². The van der Waals surface area contributed by atoms with E-state index in [-0.39, 0.29) is 4.08 Å². The molecule has 0 atom stereocenters. The molecule has 0 saturated carbocycles. The van der Waals surface area contributed by atoms with Crippen LogP contribution in [0.25, 0.3) is 0 Å². The van der Waals surface area contributed by atoms with Gasteiger partial charge in [0.25, 0.3) is 0 Å². The predicted octanol–water partition coefficient (Wildman–Crippen LogP) is 5.34. The van der Waals surface area contributed by atoms with Crippen molar-refractivity contribution in [3.8, 4) is 23.3 Å². The topological polar surface area (TPSA) is 30.5 Å². The number of rotatable bonds is 9. The highest BCUT2D eigenvalue weighted by molar-refractivity contribution is 8.18. The van der Waals surface area contributed by atoms with Crippen molar-refractivity contribution in [1.29, 1.82) is 0 Å². The first-order valence-electron chi connectivity index (χ1n) is 10.5. The molecule has 0 unspecified atom stereocenters. The number of thioether (sulfide) groups is 2. The van der Waals surface area contributed by atoms with Crippen LogP contribution < -0.4 is 14.8 Å². The zero-order valence-electron chi connectivity index (χ0n) is 17.9. The number of methoxy groups -OCH3 is 2. The first-order valence-corrected chi connectivity index (χ1v) is 12.5. The summed E-state index contributed by atoms with van der Waals surface area (Å²) in [7, 11) is 3.34. The monoisotopic (exact) mass is 441 g/mol. The lowest BCUT2D eigenvalue weighted by molar-refractivity contribution is 0.354. The summed E-state index contributed by atoms with van der Waals surface area (Å²) in [6.07, 6.45) is 4.26. The van der Waals surface area contributed by atoms with Crippen LogP contribution in [0.3, 0.4) is 0 Å². The second-order valence-electron chi connectivity index (χ2n) is 7.17. The van der Waals surface area contributed by atoms with Crippen molar-refractivity contribution in [2.75, 3.05) is 38.8 Å². The SMILES string of the molecule is COc1ccc(CCCNCC#CCC2(c3ccccc3)SCCCS2)cc1OC. The van der Waals surface area contributed by atoms with Crippen LogP contribution in [0.4, 0.5) is 0 Å². The lowest BCUT2D eigenvalue weighted by Gasteiger charge is -2.35. The van der Waals surface area contributed by atoms with Gasteiger partial charge in [-0.3, -0.25) is 0 Å². The van der Waals surface area contributed by atoms with Gasteiger partial charge < -0.3 is 14.8 Å². The summed E-state index contributed by atoms with van der Waals surface area (Å²) in [5, 5.41) is 3.45. The quantitative estimate of drug-likeness (QED) is 0.419. The highest BCUT2D eigenvalue weighted by Gasteiger charge is 2.34. The van der Waals surface area contributed by atoms with Gasteiger partial charge >= 0.3 is 0 Å². The average molecular weight is 442 g/mol. The van der Waals surface area contributed by atoms with E-state index in [0.717, 1.165) is 43.9 Å². The van der Waals surface area contributed by atoms with Crippen molar-refractivity contribution >= 4 is 23.5 Å². The molecule has 1 heterocycles. The van der Waals surface area contributed by atoms with Gasteiger partial charge in [-0.05, 0) is 60.6 Å². The Hall–Kier alpha value is -1.74. The van der Waals surface area contributed by atoms with E-state index in [9.17, 15) is 0 Å². The van der Waals surface area contributed by atoms with E-state index >= 15 is 0 Å². The molecule has 0 aromatic heterocycles. The van der Waals surface area contributed by atoms with E-state index in [2.05, 4.69) is 83.1 Å². The molecule has 1 aliphatic heterocycles. The van der Waals surface area contributed by atoms with Crippen LogP contribution in [-0.4, -0.2) is 38.8 Å². The van der Waals surface area contributed by atoms with Crippen LogP contribution >= 0.6 is 23.5 Å². The lowest BCUT2D eigenvalue weighted by atomic mass is 10.1. The highest BCUT2D eigenvalue weighted by atomic mass is 32.2. The minimum atomic E-state index is 0.0972. The maximum absolute atomic E-state index is 5.38. The molecule has 0 radical (unpaired) electrons. The maximum atomic E-state index is 5.38. The number of hydrogen-bond donors (Lipinski definition) is 1. The van der Waals surface area contributed by atoms with E-state index in [1.165, 1.54) is 29.1 Å². The summed E-state index contributed by atoms with van der Waals surface area (Å²) in [6, 6.07) is 17.0. The number of aryl methyl sites for hydroxylation is 1. The molecule has 2 aromatic rings. The summed E-state index contributed by atoms with van der Waals surface area (Å²) in [4.78, 5) is 0. The summed E-state index contributed by atoms with van der Waals surface area (Å²) in [5.41, 5.74) is 2.66. The third-order valence-electron chi connectivity index (χ3n) is 5.10. The molecule has 2 aromatic carbocycles. The van der Waals surface area contributed by atoms with Gasteiger partial charge in [-0.2, -0.15) is 0 Å². The second-order valence-corrected chi connectivity index (χ2v) is 10.2.